The largest absolute Gasteiger partial charge is 0.394 e. The van der Waals surface area contributed by atoms with Crippen LogP contribution in [0.5, 0.6) is 0 Å². The zero-order chi connectivity index (χ0) is 15.2. The minimum atomic E-state index is -1.19. The summed E-state index contributed by atoms with van der Waals surface area (Å²) in [4.78, 5) is 11.9. The first-order valence-corrected chi connectivity index (χ1v) is 6.51. The van der Waals surface area contributed by atoms with Crippen LogP contribution in [0.1, 0.15) is 15.9 Å². The van der Waals surface area contributed by atoms with E-state index in [4.69, 9.17) is 0 Å². The molecule has 2 N–H and O–H groups in total. The molecule has 2 aromatic carbocycles. The lowest BCUT2D eigenvalue weighted by Gasteiger charge is -2.16. The number of hydrogen-bond acceptors (Lipinski definition) is 2. The van der Waals surface area contributed by atoms with E-state index in [1.807, 2.05) is 30.3 Å². The number of rotatable bonds is 5. The first-order chi connectivity index (χ1) is 10.1. The molecule has 2 rings (SSSR count). The predicted octanol–water partition coefficient (Wildman–Crippen LogP) is 2.30. The molecule has 110 valence electrons. The van der Waals surface area contributed by atoms with E-state index in [0.717, 1.165) is 11.6 Å². The summed E-state index contributed by atoms with van der Waals surface area (Å²) in [5, 5.41) is 11.8. The van der Waals surface area contributed by atoms with Crippen molar-refractivity contribution in [3.63, 3.8) is 0 Å². The number of aliphatic hydroxyl groups excluding tert-OH is 1. The van der Waals surface area contributed by atoms with Crippen molar-refractivity contribution >= 4 is 5.91 Å². The van der Waals surface area contributed by atoms with E-state index in [2.05, 4.69) is 5.32 Å². The average molecular weight is 291 g/mol. The van der Waals surface area contributed by atoms with Crippen molar-refractivity contribution < 1.29 is 18.7 Å². The first-order valence-electron chi connectivity index (χ1n) is 6.51. The third-order valence-corrected chi connectivity index (χ3v) is 3.08. The third kappa shape index (κ3) is 3.86. The van der Waals surface area contributed by atoms with Crippen molar-refractivity contribution in [3.8, 4) is 0 Å². The molecule has 0 aliphatic carbocycles. The van der Waals surface area contributed by atoms with Crippen LogP contribution in [0, 0.1) is 11.6 Å². The minimum absolute atomic E-state index is 0.294. The highest BCUT2D eigenvalue weighted by Crippen LogP contribution is 2.12. The van der Waals surface area contributed by atoms with Gasteiger partial charge >= 0.3 is 0 Å². The first kappa shape index (κ1) is 15.1. The van der Waals surface area contributed by atoms with Gasteiger partial charge in [-0.05, 0) is 24.1 Å². The van der Waals surface area contributed by atoms with Crippen LogP contribution in [0.2, 0.25) is 0 Å². The monoisotopic (exact) mass is 291 g/mol. The van der Waals surface area contributed by atoms with Gasteiger partial charge in [0, 0.05) is 0 Å². The Labute approximate surface area is 121 Å². The summed E-state index contributed by atoms with van der Waals surface area (Å²) < 4.78 is 26.6. The van der Waals surface area contributed by atoms with Gasteiger partial charge in [0.25, 0.3) is 5.91 Å². The van der Waals surface area contributed by atoms with Crippen molar-refractivity contribution in [1.82, 2.24) is 5.32 Å². The van der Waals surface area contributed by atoms with Crippen LogP contribution in [0.3, 0.4) is 0 Å². The van der Waals surface area contributed by atoms with Crippen molar-refractivity contribution in [2.24, 2.45) is 0 Å². The van der Waals surface area contributed by atoms with Gasteiger partial charge in [-0.3, -0.25) is 4.79 Å². The normalized spacial score (nSPS) is 12.0. The average Bonchev–Trinajstić information content (AvgIpc) is 2.50. The lowest BCUT2D eigenvalue weighted by atomic mass is 10.1. The predicted molar refractivity (Wildman–Crippen MR) is 74.8 cm³/mol. The molecule has 3 nitrogen and oxygen atoms in total. The van der Waals surface area contributed by atoms with Crippen LogP contribution in [0.4, 0.5) is 8.78 Å². The summed E-state index contributed by atoms with van der Waals surface area (Å²) in [5.74, 6) is -3.01. The van der Waals surface area contributed by atoms with Crippen LogP contribution in [0.25, 0.3) is 0 Å². The maximum atomic E-state index is 13.5. The fourth-order valence-electron chi connectivity index (χ4n) is 2.00. The molecule has 0 aliphatic rings. The van der Waals surface area contributed by atoms with Crippen LogP contribution in [-0.2, 0) is 6.42 Å². The van der Waals surface area contributed by atoms with Gasteiger partial charge < -0.3 is 10.4 Å². The molecule has 0 unspecified atom stereocenters. The van der Waals surface area contributed by atoms with Gasteiger partial charge in [0.2, 0.25) is 0 Å². The molecular formula is C16H15F2NO2. The van der Waals surface area contributed by atoms with Gasteiger partial charge in [-0.25, -0.2) is 8.78 Å². The summed E-state index contributed by atoms with van der Waals surface area (Å²) in [6.45, 7) is -0.294. The number of nitrogens with one attached hydrogen (secondary N) is 1. The maximum absolute atomic E-state index is 13.5. The molecule has 1 amide bonds. The third-order valence-electron chi connectivity index (χ3n) is 3.08. The molecule has 1 atom stereocenters. The Kier molecular flexibility index (Phi) is 5.00. The second-order valence-corrected chi connectivity index (χ2v) is 4.64. The fraction of sp³-hybridized carbons (Fsp3) is 0.188. The Hall–Kier alpha value is -2.27. The summed E-state index contributed by atoms with van der Waals surface area (Å²) in [5.41, 5.74) is 0.554. The minimum Gasteiger partial charge on any atom is -0.394 e. The van der Waals surface area contributed by atoms with Crippen molar-refractivity contribution in [2.45, 2.75) is 12.5 Å². The molecule has 2 aromatic rings. The summed E-state index contributed by atoms with van der Waals surface area (Å²) >= 11 is 0. The topological polar surface area (TPSA) is 49.3 Å². The van der Waals surface area contributed by atoms with Crippen LogP contribution in [-0.4, -0.2) is 23.7 Å². The lowest BCUT2D eigenvalue weighted by molar-refractivity contribution is 0.0911. The Morgan fingerprint density at radius 1 is 1.10 bits per heavy atom. The van der Waals surface area contributed by atoms with Crippen LogP contribution in [0.15, 0.2) is 48.5 Å². The van der Waals surface area contributed by atoms with Gasteiger partial charge in [-0.2, -0.15) is 0 Å². The lowest BCUT2D eigenvalue weighted by Crippen LogP contribution is -2.39. The number of carbonyl (C=O) groups is 1. The highest BCUT2D eigenvalue weighted by Gasteiger charge is 2.18. The van der Waals surface area contributed by atoms with Crippen molar-refractivity contribution in [2.75, 3.05) is 6.61 Å². The molecule has 0 saturated heterocycles. The van der Waals surface area contributed by atoms with Crippen molar-refractivity contribution in [1.29, 1.82) is 0 Å². The Morgan fingerprint density at radius 3 is 2.48 bits per heavy atom. The summed E-state index contributed by atoms with van der Waals surface area (Å²) in [6, 6.07) is 12.1. The molecule has 0 bridgehead atoms. The Morgan fingerprint density at radius 2 is 1.81 bits per heavy atom. The van der Waals surface area contributed by atoms with Gasteiger partial charge in [-0.1, -0.05) is 36.4 Å². The number of benzene rings is 2. The van der Waals surface area contributed by atoms with Crippen LogP contribution >= 0.6 is 0 Å². The van der Waals surface area contributed by atoms with E-state index in [1.165, 1.54) is 12.1 Å². The standard InChI is InChI=1S/C16H15F2NO2/c17-14-8-4-7-13(15(14)18)16(21)19-12(10-20)9-11-5-2-1-3-6-11/h1-8,12,20H,9-10H2,(H,19,21)/t12-/m1/s1. The molecule has 0 radical (unpaired) electrons. The smallest absolute Gasteiger partial charge is 0.254 e. The van der Waals surface area contributed by atoms with Crippen LogP contribution < -0.4 is 5.32 Å². The second kappa shape index (κ2) is 6.95. The van der Waals surface area contributed by atoms with Gasteiger partial charge in [0.1, 0.15) is 0 Å². The highest BCUT2D eigenvalue weighted by molar-refractivity contribution is 5.94. The highest BCUT2D eigenvalue weighted by atomic mass is 19.2. The molecule has 0 aliphatic heterocycles. The number of hydrogen-bond donors (Lipinski definition) is 2. The zero-order valence-corrected chi connectivity index (χ0v) is 11.2. The maximum Gasteiger partial charge on any atom is 0.254 e. The summed E-state index contributed by atoms with van der Waals surface area (Å²) in [7, 11) is 0. The number of amides is 1. The molecule has 21 heavy (non-hydrogen) atoms. The van der Waals surface area contributed by atoms with Gasteiger partial charge in [0.05, 0.1) is 18.2 Å². The van der Waals surface area contributed by atoms with E-state index in [0.29, 0.717) is 6.42 Å². The molecular weight excluding hydrogens is 276 g/mol. The molecule has 0 heterocycles. The SMILES string of the molecule is O=C(N[C@@H](CO)Cc1ccccc1)c1cccc(F)c1F. The Bertz CT molecular complexity index is 617. The number of halogens is 2. The van der Waals surface area contributed by atoms with E-state index in [9.17, 15) is 18.7 Å². The van der Waals surface area contributed by atoms with E-state index in [1.54, 1.807) is 0 Å². The number of carbonyl (C=O) groups excluding carboxylic acids is 1. The molecule has 5 heteroatoms. The summed E-state index contributed by atoms with van der Waals surface area (Å²) in [6.07, 6.45) is 0.403. The fourth-order valence-corrected chi connectivity index (χ4v) is 2.00. The molecule has 0 saturated carbocycles. The second-order valence-electron chi connectivity index (χ2n) is 4.64. The van der Waals surface area contributed by atoms with Crippen molar-refractivity contribution in [3.05, 3.63) is 71.3 Å². The molecule has 0 spiro atoms. The zero-order valence-electron chi connectivity index (χ0n) is 11.2. The van der Waals surface area contributed by atoms with E-state index < -0.39 is 23.6 Å². The number of aliphatic hydroxyl groups is 1. The Balaban J connectivity index is 2.08. The molecule has 0 aromatic heterocycles. The quantitative estimate of drug-likeness (QED) is 0.888. The van der Waals surface area contributed by atoms with E-state index >= 15 is 0 Å². The van der Waals surface area contributed by atoms with Gasteiger partial charge in [0.15, 0.2) is 11.6 Å². The van der Waals surface area contributed by atoms with Gasteiger partial charge in [-0.15, -0.1) is 0 Å². The van der Waals surface area contributed by atoms with E-state index in [-0.39, 0.29) is 12.2 Å². The molecule has 0 fully saturated rings.